The fourth-order valence-electron chi connectivity index (χ4n) is 4.02. The number of hydrogen-bond donors (Lipinski definition) is 2. The summed E-state index contributed by atoms with van der Waals surface area (Å²) in [6.07, 6.45) is -0.138. The molecule has 0 fully saturated rings. The van der Waals surface area contributed by atoms with Gasteiger partial charge in [-0.15, -0.1) is 0 Å². The van der Waals surface area contributed by atoms with Crippen molar-refractivity contribution in [2.75, 3.05) is 13.2 Å². The van der Waals surface area contributed by atoms with Crippen LogP contribution in [0.1, 0.15) is 40.7 Å². The summed E-state index contributed by atoms with van der Waals surface area (Å²) in [6.45, 7) is 2.19. The number of rotatable bonds is 2. The number of H-pyrrole nitrogens is 1. The fraction of sp³-hybridized carbons (Fsp3) is 0.227. The minimum absolute atomic E-state index is 0.105. The maximum Gasteiger partial charge on any atom is 0.312 e. The van der Waals surface area contributed by atoms with Gasteiger partial charge in [-0.25, -0.2) is 0 Å². The molecule has 5 rings (SSSR count). The van der Waals surface area contributed by atoms with Crippen LogP contribution in [-0.4, -0.2) is 35.1 Å². The molecule has 0 radical (unpaired) electrons. The van der Waals surface area contributed by atoms with Gasteiger partial charge in [0.1, 0.15) is 24.7 Å². The average Bonchev–Trinajstić information content (AvgIpc) is 2.71. The number of fused-ring (bicyclic) bond motifs is 3. The second-order valence-electron chi connectivity index (χ2n) is 7.30. The van der Waals surface area contributed by atoms with Crippen LogP contribution in [0.5, 0.6) is 23.0 Å². The molecule has 3 aromatic rings. The van der Waals surface area contributed by atoms with Gasteiger partial charge in [-0.3, -0.25) is 14.4 Å². The number of aromatic amines is 1. The minimum atomic E-state index is -0.762. The second kappa shape index (κ2) is 6.62. The van der Waals surface area contributed by atoms with Crippen LogP contribution in [0, 0.1) is 0 Å². The Balaban J connectivity index is 1.71. The van der Waals surface area contributed by atoms with E-state index in [0.717, 1.165) is 0 Å². The number of aromatic nitrogens is 1. The normalized spacial score (nSPS) is 17.4. The quantitative estimate of drug-likeness (QED) is 0.381. The Morgan fingerprint density at radius 3 is 2.53 bits per heavy atom. The zero-order valence-electron chi connectivity index (χ0n) is 16.0. The van der Waals surface area contributed by atoms with E-state index in [2.05, 4.69) is 4.98 Å². The summed E-state index contributed by atoms with van der Waals surface area (Å²) < 4.78 is 16.4. The summed E-state index contributed by atoms with van der Waals surface area (Å²) in [5.74, 6) is -0.641. The second-order valence-corrected chi connectivity index (χ2v) is 7.30. The Hall–Kier alpha value is -3.81. The van der Waals surface area contributed by atoms with Gasteiger partial charge in [-0.05, 0) is 31.2 Å². The topological polar surface area (TPSA) is 115 Å². The van der Waals surface area contributed by atoms with Crippen LogP contribution in [0.4, 0.5) is 0 Å². The molecule has 0 aliphatic carbocycles. The number of aromatic hydroxyl groups is 1. The molecular weight excluding hydrogens is 390 g/mol. The molecule has 1 atom stereocenters. The van der Waals surface area contributed by atoms with Crippen molar-refractivity contribution in [1.82, 2.24) is 4.98 Å². The molecule has 0 unspecified atom stereocenters. The summed E-state index contributed by atoms with van der Waals surface area (Å²) in [5.41, 5.74) is 0.803. The molecule has 0 saturated heterocycles. The first-order chi connectivity index (χ1) is 14.4. The number of ether oxygens (including phenoxy) is 3. The number of phenols is 1. The highest BCUT2D eigenvalue weighted by Crippen LogP contribution is 2.45. The van der Waals surface area contributed by atoms with Crippen LogP contribution in [0.3, 0.4) is 0 Å². The van der Waals surface area contributed by atoms with E-state index in [0.29, 0.717) is 35.6 Å². The molecule has 2 aromatic carbocycles. The third kappa shape index (κ3) is 2.80. The third-order valence-corrected chi connectivity index (χ3v) is 5.41. The minimum Gasteiger partial charge on any atom is -0.507 e. The van der Waals surface area contributed by atoms with Crippen molar-refractivity contribution in [2.24, 2.45) is 0 Å². The summed E-state index contributed by atoms with van der Waals surface area (Å²) in [7, 11) is 0. The Morgan fingerprint density at radius 1 is 1.07 bits per heavy atom. The number of hydrogen-bond acceptors (Lipinski definition) is 7. The summed E-state index contributed by atoms with van der Waals surface area (Å²) >= 11 is 0. The predicted molar refractivity (Wildman–Crippen MR) is 106 cm³/mol. The molecule has 2 aliphatic rings. The van der Waals surface area contributed by atoms with Crippen molar-refractivity contribution >= 4 is 22.7 Å². The lowest BCUT2D eigenvalue weighted by Crippen LogP contribution is -2.26. The standard InChI is InChI=1S/C22H17NO7/c1-10(24)12-2-3-16-20(21(12)26)13(8-19(25)30-16)14-6-11-7-17-18(29-5-4-28-17)9-15(11)23-22(14)27/h2-3,6-7,9,13,26H,4-5,8H2,1H3,(H,23,27)/t13-/m1/s1. The Morgan fingerprint density at radius 2 is 1.80 bits per heavy atom. The van der Waals surface area contributed by atoms with Crippen LogP contribution < -0.4 is 19.8 Å². The van der Waals surface area contributed by atoms with Gasteiger partial charge < -0.3 is 24.3 Å². The van der Waals surface area contributed by atoms with E-state index in [1.165, 1.54) is 19.1 Å². The van der Waals surface area contributed by atoms with Crippen LogP contribution in [0.2, 0.25) is 0 Å². The van der Waals surface area contributed by atoms with Crippen LogP contribution >= 0.6 is 0 Å². The van der Waals surface area contributed by atoms with E-state index in [1.54, 1.807) is 18.2 Å². The molecular formula is C22H17NO7. The number of benzene rings is 2. The number of ketones is 1. The van der Waals surface area contributed by atoms with Crippen LogP contribution in [0.15, 0.2) is 35.1 Å². The molecule has 0 spiro atoms. The maximum atomic E-state index is 12.9. The number of carbonyl (C=O) groups excluding carboxylic acids is 2. The van der Waals surface area contributed by atoms with E-state index in [4.69, 9.17) is 14.2 Å². The van der Waals surface area contributed by atoms with Gasteiger partial charge in [-0.2, -0.15) is 0 Å². The third-order valence-electron chi connectivity index (χ3n) is 5.41. The summed E-state index contributed by atoms with van der Waals surface area (Å²) in [5, 5.41) is 11.4. The first-order valence-corrected chi connectivity index (χ1v) is 9.46. The Bertz CT molecular complexity index is 1290. The lowest BCUT2D eigenvalue weighted by molar-refractivity contribution is -0.135. The number of pyridine rings is 1. The van der Waals surface area contributed by atoms with E-state index in [-0.39, 0.29) is 40.4 Å². The van der Waals surface area contributed by atoms with E-state index in [1.807, 2.05) is 0 Å². The number of phenolic OH excluding ortho intramolecular Hbond substituents is 1. The van der Waals surface area contributed by atoms with E-state index < -0.39 is 17.4 Å². The smallest absolute Gasteiger partial charge is 0.312 e. The SMILES string of the molecule is CC(=O)c1ccc2c(c1O)[C@@H](c1cc3cc4c(cc3[nH]c1=O)OCCO4)CC(=O)O2. The number of carbonyl (C=O) groups is 2. The van der Waals surface area contributed by atoms with Gasteiger partial charge in [0.05, 0.1) is 17.5 Å². The van der Waals surface area contributed by atoms with Crippen molar-refractivity contribution in [3.05, 3.63) is 57.4 Å². The van der Waals surface area contributed by atoms with Crippen molar-refractivity contribution in [3.63, 3.8) is 0 Å². The van der Waals surface area contributed by atoms with Crippen LogP contribution in [0.25, 0.3) is 10.9 Å². The van der Waals surface area contributed by atoms with Crippen LogP contribution in [-0.2, 0) is 4.79 Å². The highest BCUT2D eigenvalue weighted by Gasteiger charge is 2.34. The molecule has 0 bridgehead atoms. The average molecular weight is 407 g/mol. The largest absolute Gasteiger partial charge is 0.507 e. The van der Waals surface area contributed by atoms with Gasteiger partial charge in [0.15, 0.2) is 17.3 Å². The van der Waals surface area contributed by atoms with E-state index in [9.17, 15) is 19.5 Å². The van der Waals surface area contributed by atoms with Gasteiger partial charge in [0.25, 0.3) is 5.56 Å². The van der Waals surface area contributed by atoms with Gasteiger partial charge >= 0.3 is 5.97 Å². The van der Waals surface area contributed by atoms with Crippen molar-refractivity contribution in [2.45, 2.75) is 19.3 Å². The molecule has 30 heavy (non-hydrogen) atoms. The molecule has 0 amide bonds. The highest BCUT2D eigenvalue weighted by atomic mass is 16.6. The zero-order chi connectivity index (χ0) is 21.0. The number of nitrogens with one attached hydrogen (secondary N) is 1. The van der Waals surface area contributed by atoms with Gasteiger partial charge in [-0.1, -0.05) is 0 Å². The molecule has 0 saturated carbocycles. The Labute approximate surface area is 170 Å². The number of Topliss-reactive ketones (excluding diaryl/α,β-unsaturated/α-hetero) is 1. The molecule has 8 nitrogen and oxygen atoms in total. The number of esters is 1. The fourth-order valence-corrected chi connectivity index (χ4v) is 4.02. The van der Waals surface area contributed by atoms with E-state index >= 15 is 0 Å². The molecule has 2 N–H and O–H groups in total. The molecule has 152 valence electrons. The zero-order valence-corrected chi connectivity index (χ0v) is 16.0. The first kappa shape index (κ1) is 18.2. The highest BCUT2D eigenvalue weighted by molar-refractivity contribution is 5.98. The van der Waals surface area contributed by atoms with Crippen molar-refractivity contribution in [3.8, 4) is 23.0 Å². The van der Waals surface area contributed by atoms with Crippen molar-refractivity contribution < 1.29 is 28.9 Å². The maximum absolute atomic E-state index is 12.9. The molecule has 1 aromatic heterocycles. The monoisotopic (exact) mass is 407 g/mol. The molecule has 3 heterocycles. The summed E-state index contributed by atoms with van der Waals surface area (Å²) in [4.78, 5) is 39.8. The lowest BCUT2D eigenvalue weighted by atomic mass is 9.84. The van der Waals surface area contributed by atoms with Gasteiger partial charge in [0, 0.05) is 28.5 Å². The predicted octanol–water partition coefficient (Wildman–Crippen LogP) is 2.65. The van der Waals surface area contributed by atoms with Crippen molar-refractivity contribution in [1.29, 1.82) is 0 Å². The first-order valence-electron chi connectivity index (χ1n) is 9.46. The summed E-state index contributed by atoms with van der Waals surface area (Å²) in [6, 6.07) is 7.99. The molecule has 2 aliphatic heterocycles. The van der Waals surface area contributed by atoms with Gasteiger partial charge in [0.2, 0.25) is 0 Å². The Kier molecular flexibility index (Phi) is 4.02. The molecule has 8 heteroatoms. The lowest BCUT2D eigenvalue weighted by Gasteiger charge is -2.26.